The van der Waals surface area contributed by atoms with Gasteiger partial charge in [-0.1, -0.05) is 28.1 Å². The van der Waals surface area contributed by atoms with Crippen LogP contribution in [0.15, 0.2) is 28.7 Å². The average molecular weight is 314 g/mol. The van der Waals surface area contributed by atoms with E-state index in [0.717, 1.165) is 10.7 Å². The van der Waals surface area contributed by atoms with Gasteiger partial charge in [0, 0.05) is 10.7 Å². The molecule has 0 saturated carbocycles. The maximum Gasteiger partial charge on any atom is 0.167 e. The Kier molecular flexibility index (Phi) is 4.17. The minimum Gasteiger partial charge on any atom is -0.386 e. The van der Waals surface area contributed by atoms with Gasteiger partial charge >= 0.3 is 0 Å². The van der Waals surface area contributed by atoms with Crippen molar-refractivity contribution in [2.24, 2.45) is 0 Å². The number of benzene rings is 1. The second-order valence-corrected chi connectivity index (χ2v) is 6.99. The Bertz CT molecular complexity index is 429. The summed E-state index contributed by atoms with van der Waals surface area (Å²) in [6.07, 6.45) is -0.220. The fourth-order valence-electron chi connectivity index (χ4n) is 1.05. The maximum atomic E-state index is 11.1. The Morgan fingerprint density at radius 1 is 1.33 bits per heavy atom. The predicted octanol–water partition coefficient (Wildman–Crippen LogP) is 2.09. The van der Waals surface area contributed by atoms with E-state index in [9.17, 15) is 13.5 Å². The second-order valence-electron chi connectivity index (χ2n) is 3.18. The van der Waals surface area contributed by atoms with Crippen molar-refractivity contribution in [1.29, 1.82) is 0 Å². The Labute approximate surface area is 102 Å². The van der Waals surface area contributed by atoms with E-state index in [0.29, 0.717) is 5.56 Å². The SMILES string of the molecule is CS(=O)(=O)C(Cl)C(O)c1ccc(Br)cc1. The lowest BCUT2D eigenvalue weighted by Crippen LogP contribution is -2.21. The van der Waals surface area contributed by atoms with E-state index in [2.05, 4.69) is 15.9 Å². The van der Waals surface area contributed by atoms with Crippen LogP contribution in [0.1, 0.15) is 11.7 Å². The van der Waals surface area contributed by atoms with E-state index in [4.69, 9.17) is 11.6 Å². The molecule has 0 aliphatic rings. The van der Waals surface area contributed by atoms with E-state index < -0.39 is 20.7 Å². The van der Waals surface area contributed by atoms with E-state index >= 15 is 0 Å². The summed E-state index contributed by atoms with van der Waals surface area (Å²) in [5.74, 6) is 0. The zero-order valence-electron chi connectivity index (χ0n) is 7.89. The quantitative estimate of drug-likeness (QED) is 0.869. The van der Waals surface area contributed by atoms with Crippen molar-refractivity contribution in [3.8, 4) is 0 Å². The summed E-state index contributed by atoms with van der Waals surface area (Å²) in [5, 5.41) is 9.69. The highest BCUT2D eigenvalue weighted by Gasteiger charge is 2.27. The number of sulfone groups is 1. The van der Waals surface area contributed by atoms with Crippen LogP contribution in [-0.2, 0) is 9.84 Å². The lowest BCUT2D eigenvalue weighted by atomic mass is 10.1. The predicted molar refractivity (Wildman–Crippen MR) is 63.6 cm³/mol. The minimum atomic E-state index is -3.46. The lowest BCUT2D eigenvalue weighted by molar-refractivity contribution is 0.192. The van der Waals surface area contributed by atoms with Crippen LogP contribution in [0.3, 0.4) is 0 Å². The molecule has 0 bridgehead atoms. The van der Waals surface area contributed by atoms with E-state index in [1.54, 1.807) is 24.3 Å². The van der Waals surface area contributed by atoms with Gasteiger partial charge in [-0.15, -0.1) is 11.6 Å². The number of aliphatic hydroxyl groups excluding tert-OH is 1. The highest BCUT2D eigenvalue weighted by molar-refractivity contribution is 9.10. The first kappa shape index (κ1) is 13.0. The number of rotatable bonds is 3. The van der Waals surface area contributed by atoms with Crippen LogP contribution >= 0.6 is 27.5 Å². The molecular formula is C9H10BrClO3S. The van der Waals surface area contributed by atoms with Crippen LogP contribution in [-0.4, -0.2) is 24.5 Å². The third-order valence-electron chi connectivity index (χ3n) is 1.87. The number of aliphatic hydroxyl groups is 1. The van der Waals surface area contributed by atoms with Crippen molar-refractivity contribution in [2.45, 2.75) is 10.8 Å². The molecular weight excluding hydrogens is 304 g/mol. The highest BCUT2D eigenvalue weighted by Crippen LogP contribution is 2.25. The fourth-order valence-corrected chi connectivity index (χ4v) is 2.08. The van der Waals surface area contributed by atoms with E-state index in [1.807, 2.05) is 0 Å². The van der Waals surface area contributed by atoms with Gasteiger partial charge in [0.25, 0.3) is 0 Å². The van der Waals surface area contributed by atoms with Gasteiger partial charge in [-0.2, -0.15) is 0 Å². The molecule has 6 heteroatoms. The molecule has 0 amide bonds. The van der Waals surface area contributed by atoms with Crippen molar-refractivity contribution >= 4 is 37.4 Å². The lowest BCUT2D eigenvalue weighted by Gasteiger charge is -2.15. The zero-order chi connectivity index (χ0) is 11.6. The molecule has 0 aliphatic carbocycles. The second kappa shape index (κ2) is 4.82. The number of alkyl halides is 1. The fraction of sp³-hybridized carbons (Fsp3) is 0.333. The van der Waals surface area contributed by atoms with Crippen LogP contribution in [0.2, 0.25) is 0 Å². The molecule has 0 radical (unpaired) electrons. The van der Waals surface area contributed by atoms with Crippen LogP contribution < -0.4 is 0 Å². The van der Waals surface area contributed by atoms with Crippen LogP contribution in [0.4, 0.5) is 0 Å². The van der Waals surface area contributed by atoms with Gasteiger partial charge < -0.3 is 5.11 Å². The summed E-state index contributed by atoms with van der Waals surface area (Å²) >= 11 is 8.87. The van der Waals surface area contributed by atoms with Gasteiger partial charge in [-0.3, -0.25) is 0 Å². The monoisotopic (exact) mass is 312 g/mol. The maximum absolute atomic E-state index is 11.1. The zero-order valence-corrected chi connectivity index (χ0v) is 11.1. The molecule has 1 aromatic carbocycles. The van der Waals surface area contributed by atoms with Crippen molar-refractivity contribution < 1.29 is 13.5 Å². The molecule has 3 nitrogen and oxygen atoms in total. The van der Waals surface area contributed by atoms with Crippen molar-refractivity contribution in [3.63, 3.8) is 0 Å². The summed E-state index contributed by atoms with van der Waals surface area (Å²) in [5.41, 5.74) is 0.476. The molecule has 1 rings (SSSR count). The summed E-state index contributed by atoms with van der Waals surface area (Å²) in [4.78, 5) is 0. The Balaban J connectivity index is 2.95. The number of hydrogen-bond donors (Lipinski definition) is 1. The third kappa shape index (κ3) is 3.45. The van der Waals surface area contributed by atoms with Gasteiger partial charge in [0.2, 0.25) is 0 Å². The molecule has 0 aromatic heterocycles. The van der Waals surface area contributed by atoms with Gasteiger partial charge in [0.1, 0.15) is 6.10 Å². The van der Waals surface area contributed by atoms with Crippen LogP contribution in [0.25, 0.3) is 0 Å². The Morgan fingerprint density at radius 2 is 1.80 bits per heavy atom. The summed E-state index contributed by atoms with van der Waals surface area (Å²) < 4.78 is 21.8. The van der Waals surface area contributed by atoms with E-state index in [-0.39, 0.29) is 0 Å². The number of hydrogen-bond acceptors (Lipinski definition) is 3. The molecule has 0 spiro atoms. The standard InChI is InChI=1S/C9H10BrClO3S/c1-15(13,14)9(11)8(12)6-2-4-7(10)5-3-6/h2-5,8-9,12H,1H3. The summed E-state index contributed by atoms with van der Waals surface area (Å²) in [7, 11) is -3.46. The van der Waals surface area contributed by atoms with Crippen molar-refractivity contribution in [3.05, 3.63) is 34.3 Å². The Morgan fingerprint density at radius 3 is 2.20 bits per heavy atom. The molecule has 1 aromatic rings. The first-order valence-electron chi connectivity index (χ1n) is 4.09. The van der Waals surface area contributed by atoms with Crippen LogP contribution in [0.5, 0.6) is 0 Å². The third-order valence-corrected chi connectivity index (χ3v) is 4.68. The molecule has 15 heavy (non-hydrogen) atoms. The topological polar surface area (TPSA) is 54.4 Å². The minimum absolute atomic E-state index is 0.476. The van der Waals surface area contributed by atoms with Crippen molar-refractivity contribution in [2.75, 3.05) is 6.26 Å². The average Bonchev–Trinajstić information content (AvgIpc) is 2.15. The molecule has 2 atom stereocenters. The first-order chi connectivity index (χ1) is 6.82. The normalized spacial score (nSPS) is 16.0. The molecule has 2 unspecified atom stereocenters. The van der Waals surface area contributed by atoms with Crippen LogP contribution in [0, 0.1) is 0 Å². The van der Waals surface area contributed by atoms with Gasteiger partial charge in [-0.05, 0) is 17.7 Å². The van der Waals surface area contributed by atoms with Crippen molar-refractivity contribution in [1.82, 2.24) is 0 Å². The molecule has 84 valence electrons. The summed E-state index contributed by atoms with van der Waals surface area (Å²) in [6, 6.07) is 6.67. The first-order valence-corrected chi connectivity index (χ1v) is 7.27. The smallest absolute Gasteiger partial charge is 0.167 e. The largest absolute Gasteiger partial charge is 0.386 e. The molecule has 0 fully saturated rings. The van der Waals surface area contributed by atoms with Gasteiger partial charge in [0.05, 0.1) is 0 Å². The molecule has 0 saturated heterocycles. The van der Waals surface area contributed by atoms with Gasteiger partial charge in [-0.25, -0.2) is 8.42 Å². The summed E-state index contributed by atoms with van der Waals surface area (Å²) in [6.45, 7) is 0. The number of halogens is 2. The Hall–Kier alpha value is -0.100. The molecule has 0 aliphatic heterocycles. The highest BCUT2D eigenvalue weighted by atomic mass is 79.9. The molecule has 1 N–H and O–H groups in total. The van der Waals surface area contributed by atoms with Gasteiger partial charge in [0.15, 0.2) is 14.5 Å². The van der Waals surface area contributed by atoms with E-state index in [1.165, 1.54) is 0 Å². The molecule has 0 heterocycles.